The van der Waals surface area contributed by atoms with Gasteiger partial charge in [0.2, 0.25) is 0 Å². The van der Waals surface area contributed by atoms with Crippen LogP contribution in [0.3, 0.4) is 0 Å². The molecule has 9 nitrogen and oxygen atoms in total. The van der Waals surface area contributed by atoms with E-state index < -0.39 is 22.8 Å². The van der Waals surface area contributed by atoms with Crippen molar-refractivity contribution in [2.45, 2.75) is 70.5 Å². The first-order valence-electron chi connectivity index (χ1n) is 14.2. The molecule has 42 heavy (non-hydrogen) atoms. The maximum Gasteiger partial charge on any atom is 0.182 e. The third kappa shape index (κ3) is 5.44. The van der Waals surface area contributed by atoms with Crippen molar-refractivity contribution in [3.05, 3.63) is 83.1 Å². The molecule has 1 unspecified atom stereocenters. The molecule has 0 bridgehead atoms. The second-order valence-corrected chi connectivity index (χ2v) is 11.5. The lowest BCUT2D eigenvalue weighted by molar-refractivity contribution is -0.269. The third-order valence-corrected chi connectivity index (χ3v) is 8.04. The van der Waals surface area contributed by atoms with E-state index in [-0.39, 0.29) is 43.8 Å². The molecule has 2 aliphatic heterocycles. The first-order valence-corrected chi connectivity index (χ1v) is 14.2. The average molecular weight is 581 g/mol. The summed E-state index contributed by atoms with van der Waals surface area (Å²) in [6.45, 7) is 6.35. The van der Waals surface area contributed by atoms with Crippen LogP contribution in [0.25, 0.3) is 5.65 Å². The lowest BCUT2D eigenvalue weighted by Gasteiger charge is -2.42. The van der Waals surface area contributed by atoms with E-state index in [0.717, 1.165) is 24.8 Å². The lowest BCUT2D eigenvalue weighted by atomic mass is 9.77. The zero-order chi connectivity index (χ0) is 29.5. The van der Waals surface area contributed by atoms with Crippen molar-refractivity contribution < 1.29 is 32.5 Å². The van der Waals surface area contributed by atoms with Crippen LogP contribution >= 0.6 is 0 Å². The number of imidazole rings is 1. The van der Waals surface area contributed by atoms with Crippen molar-refractivity contribution in [1.29, 1.82) is 0 Å². The molecule has 4 aromatic rings. The Labute approximate surface area is 242 Å². The molecule has 3 aromatic heterocycles. The molecule has 0 aliphatic carbocycles. The fourth-order valence-electron chi connectivity index (χ4n) is 5.60. The van der Waals surface area contributed by atoms with E-state index in [0.29, 0.717) is 29.4 Å². The summed E-state index contributed by atoms with van der Waals surface area (Å²) in [5.74, 6) is -2.02. The number of benzene rings is 1. The Morgan fingerprint density at radius 2 is 1.88 bits per heavy atom. The van der Waals surface area contributed by atoms with E-state index in [1.807, 2.05) is 24.7 Å². The summed E-state index contributed by atoms with van der Waals surface area (Å²) in [7, 11) is 0. The monoisotopic (exact) mass is 580 g/mol. The number of halogens is 2. The Morgan fingerprint density at radius 1 is 1.12 bits per heavy atom. The van der Waals surface area contributed by atoms with Gasteiger partial charge in [0.05, 0.1) is 36.1 Å². The van der Waals surface area contributed by atoms with Crippen LogP contribution < -0.4 is 4.74 Å². The molecule has 1 aromatic carbocycles. The van der Waals surface area contributed by atoms with Crippen LogP contribution in [-0.4, -0.2) is 50.6 Å². The van der Waals surface area contributed by atoms with Crippen LogP contribution in [0.15, 0.2) is 48.9 Å². The van der Waals surface area contributed by atoms with Gasteiger partial charge in [-0.3, -0.25) is 9.20 Å². The Hall–Kier alpha value is -3.67. The fourth-order valence-corrected chi connectivity index (χ4v) is 5.60. The number of nitrogens with zero attached hydrogens (tertiary/aromatic N) is 4. The normalized spacial score (nSPS) is 20.1. The van der Waals surface area contributed by atoms with E-state index in [9.17, 15) is 13.6 Å². The van der Waals surface area contributed by atoms with Crippen molar-refractivity contribution in [3.8, 4) is 5.75 Å². The van der Waals surface area contributed by atoms with Gasteiger partial charge in [0.15, 0.2) is 23.0 Å². The summed E-state index contributed by atoms with van der Waals surface area (Å²) >= 11 is 0. The van der Waals surface area contributed by atoms with Crippen molar-refractivity contribution in [2.75, 3.05) is 19.8 Å². The number of ether oxygens (including phenoxy) is 4. The van der Waals surface area contributed by atoms with E-state index in [1.165, 1.54) is 18.2 Å². The summed E-state index contributed by atoms with van der Waals surface area (Å²) in [6.07, 6.45) is 8.35. The van der Waals surface area contributed by atoms with Gasteiger partial charge in [-0.05, 0) is 64.3 Å². The van der Waals surface area contributed by atoms with Gasteiger partial charge in [-0.1, -0.05) is 6.07 Å². The first-order chi connectivity index (χ1) is 20.2. The van der Waals surface area contributed by atoms with E-state index in [4.69, 9.17) is 18.9 Å². The quantitative estimate of drug-likeness (QED) is 0.248. The topological polar surface area (TPSA) is 89.1 Å². The van der Waals surface area contributed by atoms with Gasteiger partial charge in [0, 0.05) is 31.0 Å². The van der Waals surface area contributed by atoms with Gasteiger partial charge in [-0.25, -0.2) is 18.4 Å². The van der Waals surface area contributed by atoms with Crippen LogP contribution in [-0.2, 0) is 26.2 Å². The fraction of sp³-hybridized carbons (Fsp3) is 0.452. The van der Waals surface area contributed by atoms with Crippen molar-refractivity contribution >= 4 is 11.4 Å². The van der Waals surface area contributed by atoms with Gasteiger partial charge in [0.1, 0.15) is 30.2 Å². The number of pyridine rings is 1. The molecule has 222 valence electrons. The van der Waals surface area contributed by atoms with Crippen molar-refractivity contribution in [3.63, 3.8) is 0 Å². The molecule has 0 saturated carbocycles. The molecule has 1 atom stereocenters. The SMILES string of the molecule is Cc1nc2c(OCc3c(F)cccc3F)cccn2c1C(=O)CC1(c2cnn(C3CCCCO3)c2)COC(C)(C)OC1. The Balaban J connectivity index is 1.29. The second-order valence-electron chi connectivity index (χ2n) is 11.5. The lowest BCUT2D eigenvalue weighted by Crippen LogP contribution is -2.50. The van der Waals surface area contributed by atoms with Crippen molar-refractivity contribution in [2.24, 2.45) is 0 Å². The number of aromatic nitrogens is 4. The van der Waals surface area contributed by atoms with Crippen molar-refractivity contribution in [1.82, 2.24) is 19.2 Å². The summed E-state index contributed by atoms with van der Waals surface area (Å²) in [6, 6.07) is 7.02. The number of aryl methyl sites for hydroxylation is 1. The third-order valence-electron chi connectivity index (χ3n) is 8.04. The molecule has 0 amide bonds. The van der Waals surface area contributed by atoms with Gasteiger partial charge >= 0.3 is 0 Å². The summed E-state index contributed by atoms with van der Waals surface area (Å²) < 4.78 is 55.7. The Bertz CT molecular complexity index is 1580. The molecule has 2 fully saturated rings. The molecular formula is C31H34F2N4O5. The minimum Gasteiger partial charge on any atom is -0.485 e. The smallest absolute Gasteiger partial charge is 0.182 e. The zero-order valence-corrected chi connectivity index (χ0v) is 23.9. The number of hydrogen-bond acceptors (Lipinski definition) is 7. The predicted molar refractivity (Wildman–Crippen MR) is 148 cm³/mol. The molecule has 0 N–H and O–H groups in total. The van der Waals surface area contributed by atoms with Gasteiger partial charge in [0.25, 0.3) is 0 Å². The van der Waals surface area contributed by atoms with E-state index in [1.54, 1.807) is 35.9 Å². The van der Waals surface area contributed by atoms with Crippen LogP contribution in [0.1, 0.15) is 73.1 Å². The van der Waals surface area contributed by atoms with Gasteiger partial charge < -0.3 is 18.9 Å². The minimum atomic E-state index is -0.785. The highest BCUT2D eigenvalue weighted by Gasteiger charge is 2.45. The van der Waals surface area contributed by atoms with Gasteiger partial charge in [-0.2, -0.15) is 5.10 Å². The molecule has 11 heteroatoms. The predicted octanol–water partition coefficient (Wildman–Crippen LogP) is 5.69. The average Bonchev–Trinajstić information content (AvgIpc) is 3.60. The van der Waals surface area contributed by atoms with E-state index >= 15 is 0 Å². The maximum atomic E-state index is 14.2. The van der Waals surface area contributed by atoms with Crippen LogP contribution in [0.2, 0.25) is 0 Å². The largest absolute Gasteiger partial charge is 0.485 e. The molecule has 0 spiro atoms. The Kier molecular flexibility index (Phi) is 7.59. The number of hydrogen-bond donors (Lipinski definition) is 0. The number of Topliss-reactive ketones (excluding diaryl/α,β-unsaturated/α-hetero) is 1. The number of ketones is 1. The second kappa shape index (κ2) is 11.2. The summed E-state index contributed by atoms with van der Waals surface area (Å²) in [4.78, 5) is 18.7. The number of fused-ring (bicyclic) bond motifs is 1. The summed E-state index contributed by atoms with van der Waals surface area (Å²) in [5, 5.41) is 4.59. The zero-order valence-electron chi connectivity index (χ0n) is 23.9. The molecule has 2 saturated heterocycles. The standard InChI is InChI=1S/C31H34F2N4O5/c1-20-28(36-12-7-10-26(29(36)35-20)40-17-22-23(32)8-6-9-24(22)33)25(38)14-31(18-41-30(2,3)42-19-31)21-15-34-37(16-21)27-11-4-5-13-39-27/h6-10,12,15-16,27H,4-5,11,13-14,17-19H2,1-3H3. The maximum absolute atomic E-state index is 14.2. The Morgan fingerprint density at radius 3 is 2.60 bits per heavy atom. The molecule has 2 aliphatic rings. The van der Waals surface area contributed by atoms with Gasteiger partial charge in [-0.15, -0.1) is 0 Å². The van der Waals surface area contributed by atoms with Crippen LogP contribution in [0.4, 0.5) is 8.78 Å². The number of rotatable bonds is 8. The molecule has 5 heterocycles. The molecule has 6 rings (SSSR count). The number of carbonyl (C=O) groups is 1. The summed E-state index contributed by atoms with van der Waals surface area (Å²) in [5.41, 5.74) is 1.14. The molecular weight excluding hydrogens is 546 g/mol. The highest BCUT2D eigenvalue weighted by Crippen LogP contribution is 2.38. The highest BCUT2D eigenvalue weighted by atomic mass is 19.1. The first kappa shape index (κ1) is 28.4. The van der Waals surface area contributed by atoms with Crippen LogP contribution in [0.5, 0.6) is 5.75 Å². The van der Waals surface area contributed by atoms with E-state index in [2.05, 4.69) is 10.1 Å². The minimum absolute atomic E-state index is 0.0838. The number of carbonyl (C=O) groups excluding carboxylic acids is 1. The van der Waals surface area contributed by atoms with Crippen LogP contribution in [0, 0.1) is 18.6 Å². The highest BCUT2D eigenvalue weighted by molar-refractivity contribution is 5.97. The molecule has 0 radical (unpaired) electrons.